The van der Waals surface area contributed by atoms with E-state index in [0.29, 0.717) is 0 Å². The second kappa shape index (κ2) is 7.20. The molecule has 1 aliphatic rings. The van der Waals surface area contributed by atoms with Crippen molar-refractivity contribution >= 4 is 34.6 Å². The summed E-state index contributed by atoms with van der Waals surface area (Å²) in [6.45, 7) is 5.17. The summed E-state index contributed by atoms with van der Waals surface area (Å²) in [6.07, 6.45) is -0.388. The zero-order chi connectivity index (χ0) is 18.1. The zero-order valence-electron chi connectivity index (χ0n) is 13.5. The van der Waals surface area contributed by atoms with Crippen LogP contribution in [0.5, 0.6) is 0 Å². The molecule has 2 amide bonds. The van der Waals surface area contributed by atoms with Gasteiger partial charge in [0.15, 0.2) is 0 Å². The van der Waals surface area contributed by atoms with E-state index >= 15 is 0 Å². The van der Waals surface area contributed by atoms with Crippen molar-refractivity contribution in [3.8, 4) is 0 Å². The number of ether oxygens (including phenoxy) is 1. The van der Waals surface area contributed by atoms with Gasteiger partial charge in [0.05, 0.1) is 16.0 Å². The first-order valence-electron chi connectivity index (χ1n) is 7.46. The minimum Gasteiger partial charge on any atom is -0.444 e. The first-order valence-corrected chi connectivity index (χ1v) is 8.70. The van der Waals surface area contributed by atoms with Crippen LogP contribution in [0.4, 0.5) is 13.6 Å². The first-order chi connectivity index (χ1) is 11.1. The van der Waals surface area contributed by atoms with Crippen molar-refractivity contribution in [3.05, 3.63) is 35.4 Å². The van der Waals surface area contributed by atoms with Crippen LogP contribution >= 0.6 is 22.6 Å². The van der Waals surface area contributed by atoms with Gasteiger partial charge in [-0.15, -0.1) is 0 Å². The Kier molecular flexibility index (Phi) is 5.67. The molecule has 1 fully saturated rings. The molecular formula is C16H19F2IN2O3. The van der Waals surface area contributed by atoms with Crippen LogP contribution in [0.15, 0.2) is 18.2 Å². The van der Waals surface area contributed by atoms with Gasteiger partial charge >= 0.3 is 6.09 Å². The monoisotopic (exact) mass is 452 g/mol. The quantitative estimate of drug-likeness (QED) is 0.535. The standard InChI is InChI=1S/C16H19F2IN2O3/c1-16(2,3)24-15(23)20-12-7-11(19)14(22)21-13(12)9-6-8(17)4-5-10(9)18/h4-6,11-13H,7H2,1-3H3,(H,20,23)(H,21,22)/t11?,12?,13-/m1/s1. The van der Waals surface area contributed by atoms with Crippen molar-refractivity contribution in [2.45, 2.75) is 48.8 Å². The van der Waals surface area contributed by atoms with Gasteiger partial charge in [0.25, 0.3) is 0 Å². The van der Waals surface area contributed by atoms with Crippen LogP contribution < -0.4 is 10.6 Å². The Balaban J connectivity index is 2.26. The fraction of sp³-hybridized carbons (Fsp3) is 0.500. The number of alkyl carbamates (subject to hydrolysis) is 1. The van der Waals surface area contributed by atoms with E-state index in [0.717, 1.165) is 18.2 Å². The summed E-state index contributed by atoms with van der Waals surface area (Å²) < 4.78 is 32.4. The highest BCUT2D eigenvalue weighted by Gasteiger charge is 2.38. The molecule has 0 spiro atoms. The molecule has 2 N–H and O–H groups in total. The first kappa shape index (κ1) is 18.9. The Hall–Kier alpha value is -1.45. The molecule has 1 aliphatic heterocycles. The Morgan fingerprint density at radius 1 is 1.38 bits per heavy atom. The van der Waals surface area contributed by atoms with E-state index in [-0.39, 0.29) is 17.9 Å². The molecule has 24 heavy (non-hydrogen) atoms. The highest BCUT2D eigenvalue weighted by atomic mass is 127. The lowest BCUT2D eigenvalue weighted by Gasteiger charge is -2.36. The maximum Gasteiger partial charge on any atom is 0.407 e. The molecule has 1 heterocycles. The maximum absolute atomic E-state index is 14.1. The van der Waals surface area contributed by atoms with E-state index in [4.69, 9.17) is 4.74 Å². The van der Waals surface area contributed by atoms with Gasteiger partial charge in [-0.05, 0) is 45.4 Å². The SMILES string of the molecule is CC(C)(C)OC(=O)NC1CC(I)C(=O)N[C@@H]1c1cc(F)ccc1F. The minimum absolute atomic E-state index is 0.00675. The third-order valence-corrected chi connectivity index (χ3v) is 4.51. The smallest absolute Gasteiger partial charge is 0.407 e. The highest BCUT2D eigenvalue weighted by Crippen LogP contribution is 2.30. The fourth-order valence-electron chi connectivity index (χ4n) is 2.46. The minimum atomic E-state index is -0.869. The number of hydrogen-bond donors (Lipinski definition) is 2. The van der Waals surface area contributed by atoms with Crippen LogP contribution in [0.2, 0.25) is 0 Å². The number of carbonyl (C=O) groups is 2. The molecule has 5 nitrogen and oxygen atoms in total. The number of alkyl halides is 1. The lowest BCUT2D eigenvalue weighted by atomic mass is 9.91. The van der Waals surface area contributed by atoms with Gasteiger partial charge in [-0.1, -0.05) is 22.6 Å². The largest absolute Gasteiger partial charge is 0.444 e. The summed E-state index contributed by atoms with van der Waals surface area (Å²) in [5, 5.41) is 5.30. The number of rotatable bonds is 2. The maximum atomic E-state index is 14.1. The van der Waals surface area contributed by atoms with Crippen LogP contribution in [0.25, 0.3) is 0 Å². The van der Waals surface area contributed by atoms with E-state index in [1.165, 1.54) is 0 Å². The van der Waals surface area contributed by atoms with Gasteiger partial charge in [-0.3, -0.25) is 4.79 Å². The topological polar surface area (TPSA) is 67.4 Å². The number of carbonyl (C=O) groups excluding carboxylic acids is 2. The summed E-state index contributed by atoms with van der Waals surface area (Å²) >= 11 is 1.95. The van der Waals surface area contributed by atoms with Crippen molar-refractivity contribution in [1.29, 1.82) is 0 Å². The molecule has 3 atom stereocenters. The third-order valence-electron chi connectivity index (χ3n) is 3.44. The molecular weight excluding hydrogens is 433 g/mol. The van der Waals surface area contributed by atoms with E-state index in [9.17, 15) is 18.4 Å². The lowest BCUT2D eigenvalue weighted by Crippen LogP contribution is -2.54. The second-order valence-corrected chi connectivity index (χ2v) is 8.11. The molecule has 1 saturated heterocycles. The number of halogens is 3. The lowest BCUT2D eigenvalue weighted by molar-refractivity contribution is -0.123. The molecule has 0 bridgehead atoms. The predicted octanol–water partition coefficient (Wildman–Crippen LogP) is 3.22. The molecule has 0 saturated carbocycles. The van der Waals surface area contributed by atoms with Crippen molar-refractivity contribution < 1.29 is 23.1 Å². The van der Waals surface area contributed by atoms with Crippen molar-refractivity contribution in [2.75, 3.05) is 0 Å². The third kappa shape index (κ3) is 4.78. The van der Waals surface area contributed by atoms with Crippen molar-refractivity contribution in [1.82, 2.24) is 10.6 Å². The summed E-state index contributed by atoms with van der Waals surface area (Å²) in [7, 11) is 0. The number of amides is 2. The Labute approximate surface area is 152 Å². The summed E-state index contributed by atoms with van der Waals surface area (Å²) in [6, 6.07) is 1.54. The van der Waals surface area contributed by atoms with Gasteiger partial charge in [-0.25, -0.2) is 13.6 Å². The Morgan fingerprint density at radius 3 is 2.67 bits per heavy atom. The normalized spacial score (nSPS) is 24.2. The van der Waals surface area contributed by atoms with Gasteiger partial charge in [0.1, 0.15) is 17.2 Å². The Morgan fingerprint density at radius 2 is 2.04 bits per heavy atom. The van der Waals surface area contributed by atoms with Crippen LogP contribution in [-0.2, 0) is 9.53 Å². The number of nitrogens with one attached hydrogen (secondary N) is 2. The zero-order valence-corrected chi connectivity index (χ0v) is 15.7. The van der Waals surface area contributed by atoms with Crippen molar-refractivity contribution in [2.24, 2.45) is 0 Å². The van der Waals surface area contributed by atoms with Crippen LogP contribution in [-0.4, -0.2) is 27.6 Å². The predicted molar refractivity (Wildman–Crippen MR) is 92.8 cm³/mol. The molecule has 2 unspecified atom stereocenters. The van der Waals surface area contributed by atoms with Crippen LogP contribution in [0.1, 0.15) is 38.8 Å². The molecule has 0 radical (unpaired) electrons. The molecule has 0 aromatic heterocycles. The fourth-order valence-corrected chi connectivity index (χ4v) is 3.19. The molecule has 0 aliphatic carbocycles. The van der Waals surface area contributed by atoms with E-state index in [1.807, 2.05) is 22.6 Å². The Bertz CT molecular complexity index is 649. The summed E-state index contributed by atoms with van der Waals surface area (Å²) in [5.74, 6) is -1.55. The van der Waals surface area contributed by atoms with Gasteiger partial charge in [0.2, 0.25) is 5.91 Å². The second-order valence-electron chi connectivity index (χ2n) is 6.61. The summed E-state index contributed by atoms with van der Waals surface area (Å²) in [4.78, 5) is 24.0. The average Bonchev–Trinajstić information content (AvgIpc) is 2.43. The average molecular weight is 452 g/mol. The van der Waals surface area contributed by atoms with E-state index < -0.39 is 39.3 Å². The highest BCUT2D eigenvalue weighted by molar-refractivity contribution is 14.1. The summed E-state index contributed by atoms with van der Waals surface area (Å²) in [5.41, 5.74) is -0.696. The molecule has 132 valence electrons. The molecule has 1 aromatic rings. The van der Waals surface area contributed by atoms with Gasteiger partial charge in [0, 0.05) is 5.56 Å². The number of hydrogen-bond acceptors (Lipinski definition) is 3. The van der Waals surface area contributed by atoms with E-state index in [1.54, 1.807) is 20.8 Å². The molecule has 8 heteroatoms. The molecule has 1 aromatic carbocycles. The van der Waals surface area contributed by atoms with Crippen LogP contribution in [0, 0.1) is 11.6 Å². The van der Waals surface area contributed by atoms with Gasteiger partial charge in [-0.2, -0.15) is 0 Å². The number of benzene rings is 1. The van der Waals surface area contributed by atoms with Crippen molar-refractivity contribution in [3.63, 3.8) is 0 Å². The van der Waals surface area contributed by atoms with E-state index in [2.05, 4.69) is 10.6 Å². The number of piperidine rings is 1. The molecule has 2 rings (SSSR count). The van der Waals surface area contributed by atoms with Gasteiger partial charge < -0.3 is 15.4 Å². The van der Waals surface area contributed by atoms with Crippen LogP contribution in [0.3, 0.4) is 0 Å².